The number of aromatic nitrogens is 2. The number of sulfonamides is 1. The summed E-state index contributed by atoms with van der Waals surface area (Å²) >= 11 is 0. The Balaban J connectivity index is 1.54. The fourth-order valence-electron chi connectivity index (χ4n) is 5.52. The molecule has 1 saturated heterocycles. The summed E-state index contributed by atoms with van der Waals surface area (Å²) in [7, 11) is -3.80. The fraction of sp³-hybridized carbons (Fsp3) is 0.462. The average Bonchev–Trinajstić information content (AvgIpc) is 3.78. The molecule has 2 heterocycles. The molecule has 3 fully saturated rings. The van der Waals surface area contributed by atoms with Gasteiger partial charge < -0.3 is 15.7 Å². The predicted octanol–water partition coefficient (Wildman–Crippen LogP) is 3.25. The Morgan fingerprint density at radius 2 is 1.89 bits per heavy atom. The lowest BCUT2D eigenvalue weighted by atomic mass is 9.90. The van der Waals surface area contributed by atoms with Crippen LogP contribution in [0.25, 0.3) is 22.0 Å². The zero-order valence-electron chi connectivity index (χ0n) is 20.1. The molecule has 6 rings (SSSR count). The van der Waals surface area contributed by atoms with E-state index in [9.17, 15) is 18.3 Å². The summed E-state index contributed by atoms with van der Waals surface area (Å²) in [5, 5.41) is 14.9. The molecule has 0 bridgehead atoms. The van der Waals surface area contributed by atoms with Gasteiger partial charge in [0.15, 0.2) is 0 Å². The zero-order chi connectivity index (χ0) is 25.1. The number of hydrogen-bond donors (Lipinski definition) is 3. The van der Waals surface area contributed by atoms with E-state index in [2.05, 4.69) is 14.7 Å². The zero-order valence-corrected chi connectivity index (χ0v) is 20.9. The van der Waals surface area contributed by atoms with Crippen molar-refractivity contribution in [1.29, 1.82) is 0 Å². The summed E-state index contributed by atoms with van der Waals surface area (Å²) in [4.78, 5) is 14.8. The van der Waals surface area contributed by atoms with Gasteiger partial charge in [-0.2, -0.15) is 5.10 Å². The van der Waals surface area contributed by atoms with Crippen molar-refractivity contribution in [3.63, 3.8) is 0 Å². The Labute approximate surface area is 210 Å². The molecule has 190 valence electrons. The first-order valence-corrected chi connectivity index (χ1v) is 14.3. The third-order valence-corrected chi connectivity index (χ3v) is 9.20. The highest BCUT2D eigenvalue weighted by Gasteiger charge is 2.45. The van der Waals surface area contributed by atoms with Gasteiger partial charge in [0.05, 0.1) is 47.1 Å². The lowest BCUT2D eigenvalue weighted by Gasteiger charge is -2.36. The number of benzene rings is 2. The van der Waals surface area contributed by atoms with E-state index in [1.807, 2.05) is 29.1 Å². The second kappa shape index (κ2) is 8.48. The molecule has 1 aromatic heterocycles. The SMILES string of the molecule is NC(=O)c1ccc(NS(=O)(=O)CCO)c(-c2ccc3cnn(C4CC4)c3c2)c1N1CCC2(CC1)CC2. The number of aliphatic hydroxyl groups excluding tert-OH is 1. The molecule has 2 aromatic carbocycles. The molecule has 1 amide bonds. The number of rotatable bonds is 8. The highest BCUT2D eigenvalue weighted by molar-refractivity contribution is 7.92. The monoisotopic (exact) mass is 509 g/mol. The van der Waals surface area contributed by atoms with Gasteiger partial charge in [0.25, 0.3) is 5.91 Å². The van der Waals surface area contributed by atoms with Crippen LogP contribution in [0, 0.1) is 5.41 Å². The number of piperidine rings is 1. The van der Waals surface area contributed by atoms with E-state index in [0.29, 0.717) is 34.0 Å². The molecule has 10 heteroatoms. The van der Waals surface area contributed by atoms with Crippen molar-refractivity contribution in [2.45, 2.75) is 44.6 Å². The van der Waals surface area contributed by atoms with Gasteiger partial charge in [-0.05, 0) is 67.7 Å². The van der Waals surface area contributed by atoms with Crippen LogP contribution in [-0.4, -0.2) is 54.7 Å². The Kier molecular flexibility index (Phi) is 5.49. The molecule has 3 aromatic rings. The maximum atomic E-state index is 12.7. The topological polar surface area (TPSA) is 131 Å². The van der Waals surface area contributed by atoms with Crippen LogP contribution >= 0.6 is 0 Å². The summed E-state index contributed by atoms with van der Waals surface area (Å²) in [6.45, 7) is 1.07. The van der Waals surface area contributed by atoms with Crippen LogP contribution in [0.2, 0.25) is 0 Å². The Hall–Kier alpha value is -3.11. The van der Waals surface area contributed by atoms with Gasteiger partial charge in [-0.3, -0.25) is 14.2 Å². The third-order valence-electron chi connectivity index (χ3n) is 7.95. The minimum Gasteiger partial charge on any atom is -0.395 e. The molecule has 2 aliphatic carbocycles. The van der Waals surface area contributed by atoms with E-state index < -0.39 is 28.3 Å². The molecular formula is C26H31N5O4S. The summed E-state index contributed by atoms with van der Waals surface area (Å²) in [5.41, 5.74) is 10.1. The van der Waals surface area contributed by atoms with Crippen molar-refractivity contribution in [1.82, 2.24) is 9.78 Å². The number of aliphatic hydroxyl groups is 1. The van der Waals surface area contributed by atoms with Crippen molar-refractivity contribution in [2.75, 3.05) is 35.1 Å². The third kappa shape index (κ3) is 4.22. The Morgan fingerprint density at radius 1 is 1.14 bits per heavy atom. The minimum atomic E-state index is -3.80. The molecule has 3 aliphatic rings. The first kappa shape index (κ1) is 23.3. The van der Waals surface area contributed by atoms with Crippen LogP contribution in [0.5, 0.6) is 0 Å². The Bertz CT molecular complexity index is 1450. The molecular weight excluding hydrogens is 478 g/mol. The van der Waals surface area contributed by atoms with E-state index in [0.717, 1.165) is 55.2 Å². The molecule has 36 heavy (non-hydrogen) atoms. The quantitative estimate of drug-likeness (QED) is 0.427. The number of carbonyl (C=O) groups is 1. The van der Waals surface area contributed by atoms with E-state index >= 15 is 0 Å². The lowest BCUT2D eigenvalue weighted by Crippen LogP contribution is -2.36. The van der Waals surface area contributed by atoms with Gasteiger partial charge in [-0.1, -0.05) is 12.1 Å². The van der Waals surface area contributed by atoms with E-state index in [4.69, 9.17) is 5.73 Å². The largest absolute Gasteiger partial charge is 0.395 e. The maximum absolute atomic E-state index is 12.7. The van der Waals surface area contributed by atoms with Crippen molar-refractivity contribution >= 4 is 38.2 Å². The summed E-state index contributed by atoms with van der Waals surface area (Å²) in [6.07, 6.45) is 8.61. The van der Waals surface area contributed by atoms with Gasteiger partial charge in [0.2, 0.25) is 10.0 Å². The number of fused-ring (bicyclic) bond motifs is 1. The summed E-state index contributed by atoms with van der Waals surface area (Å²) < 4.78 is 30.1. The van der Waals surface area contributed by atoms with Gasteiger partial charge in [-0.25, -0.2) is 8.42 Å². The van der Waals surface area contributed by atoms with E-state index in [1.54, 1.807) is 12.1 Å². The molecule has 1 spiro atoms. The molecule has 0 radical (unpaired) electrons. The molecule has 2 saturated carbocycles. The van der Waals surface area contributed by atoms with Crippen LogP contribution in [-0.2, 0) is 10.0 Å². The normalized spacial score (nSPS) is 19.1. The number of amides is 1. The molecule has 4 N–H and O–H groups in total. The van der Waals surface area contributed by atoms with Crippen LogP contribution in [0.4, 0.5) is 11.4 Å². The first-order valence-electron chi connectivity index (χ1n) is 12.6. The van der Waals surface area contributed by atoms with Crippen LogP contribution in [0.15, 0.2) is 36.5 Å². The maximum Gasteiger partial charge on any atom is 0.250 e. The number of primary amides is 1. The predicted molar refractivity (Wildman–Crippen MR) is 140 cm³/mol. The number of nitrogens with two attached hydrogens (primary N) is 1. The molecule has 0 atom stereocenters. The van der Waals surface area contributed by atoms with Crippen LogP contribution in [0.3, 0.4) is 0 Å². The summed E-state index contributed by atoms with van der Waals surface area (Å²) in [5.74, 6) is -0.967. The van der Waals surface area contributed by atoms with E-state index in [-0.39, 0.29) is 0 Å². The number of carbonyl (C=O) groups excluding carboxylic acids is 1. The number of anilines is 2. The van der Waals surface area contributed by atoms with Gasteiger partial charge in [-0.15, -0.1) is 0 Å². The highest BCUT2D eigenvalue weighted by atomic mass is 32.2. The second-order valence-corrected chi connectivity index (χ2v) is 12.3. The Morgan fingerprint density at radius 3 is 2.53 bits per heavy atom. The van der Waals surface area contributed by atoms with Crippen LogP contribution < -0.4 is 15.4 Å². The van der Waals surface area contributed by atoms with E-state index in [1.165, 1.54) is 12.8 Å². The van der Waals surface area contributed by atoms with Crippen molar-refractivity contribution in [3.05, 3.63) is 42.1 Å². The van der Waals surface area contributed by atoms with Gasteiger partial charge in [0, 0.05) is 24.0 Å². The van der Waals surface area contributed by atoms with Gasteiger partial charge in [0.1, 0.15) is 0 Å². The molecule has 9 nitrogen and oxygen atoms in total. The number of hydrogen-bond acceptors (Lipinski definition) is 6. The fourth-order valence-corrected chi connectivity index (χ4v) is 6.37. The minimum absolute atomic E-state index is 0.368. The number of nitrogens with one attached hydrogen (secondary N) is 1. The summed E-state index contributed by atoms with van der Waals surface area (Å²) in [6, 6.07) is 9.54. The smallest absolute Gasteiger partial charge is 0.250 e. The van der Waals surface area contributed by atoms with Crippen molar-refractivity contribution < 1.29 is 18.3 Å². The van der Waals surface area contributed by atoms with Crippen LogP contribution in [0.1, 0.15) is 54.9 Å². The standard InChI is InChI=1S/C26H31N5O4S/c27-25(33)20-5-6-21(29-36(34,35)14-13-32)23(24(20)30-11-9-26(7-8-26)10-12-30)17-1-2-18-16-28-31(19-3-4-19)22(18)15-17/h1-2,5-6,15-16,19,29,32H,3-4,7-14H2,(H2,27,33). The molecule has 0 unspecified atom stereocenters. The first-order chi connectivity index (χ1) is 17.3. The second-order valence-electron chi connectivity index (χ2n) is 10.5. The van der Waals surface area contributed by atoms with Crippen molar-refractivity contribution in [3.8, 4) is 11.1 Å². The number of nitrogens with zero attached hydrogens (tertiary/aromatic N) is 3. The van der Waals surface area contributed by atoms with Gasteiger partial charge >= 0.3 is 0 Å². The molecule has 1 aliphatic heterocycles. The van der Waals surface area contributed by atoms with Crippen molar-refractivity contribution in [2.24, 2.45) is 11.1 Å². The highest BCUT2D eigenvalue weighted by Crippen LogP contribution is 2.55. The lowest BCUT2D eigenvalue weighted by molar-refractivity contribution is 0.100. The average molecular weight is 510 g/mol.